The fourth-order valence-electron chi connectivity index (χ4n) is 2.33. The molecule has 0 bridgehead atoms. The summed E-state index contributed by atoms with van der Waals surface area (Å²) >= 11 is 11.6. The monoisotopic (exact) mass is 350 g/mol. The molecule has 3 rings (SSSR count). The molecule has 1 heterocycles. The zero-order chi connectivity index (χ0) is 16.4. The van der Waals surface area contributed by atoms with Gasteiger partial charge < -0.3 is 9.47 Å². The van der Waals surface area contributed by atoms with Gasteiger partial charge in [-0.05, 0) is 41.5 Å². The number of benzene rings is 1. The Balaban J connectivity index is 1.83. The van der Waals surface area contributed by atoms with E-state index < -0.39 is 11.9 Å². The lowest BCUT2D eigenvalue weighted by Crippen LogP contribution is -2.31. The van der Waals surface area contributed by atoms with Crippen molar-refractivity contribution in [3.63, 3.8) is 0 Å². The minimum atomic E-state index is -0.765. The molecule has 1 aromatic carbocycles. The third kappa shape index (κ3) is 3.49. The van der Waals surface area contributed by atoms with Crippen molar-refractivity contribution in [1.82, 2.24) is 0 Å². The van der Waals surface area contributed by atoms with Crippen molar-refractivity contribution in [3.8, 4) is 5.75 Å². The Morgan fingerprint density at radius 3 is 2.70 bits per heavy atom. The molecule has 0 saturated carbocycles. The van der Waals surface area contributed by atoms with Gasteiger partial charge in [0.2, 0.25) is 0 Å². The normalized spacial score (nSPS) is 19.8. The molecule has 4 nitrogen and oxygen atoms in total. The van der Waals surface area contributed by atoms with E-state index in [1.165, 1.54) is 6.08 Å². The first-order valence-corrected chi connectivity index (χ1v) is 7.85. The quantitative estimate of drug-likeness (QED) is 0.361. The van der Waals surface area contributed by atoms with Gasteiger partial charge in [-0.1, -0.05) is 23.8 Å². The highest BCUT2D eigenvalue weighted by Crippen LogP contribution is 2.29. The molecule has 6 heteroatoms. The largest absolute Gasteiger partial charge is 0.453 e. The minimum Gasteiger partial charge on any atom is -0.453 e. The summed E-state index contributed by atoms with van der Waals surface area (Å²) in [6.45, 7) is 0. The highest BCUT2D eigenvalue weighted by atomic mass is 35.5. The zero-order valence-corrected chi connectivity index (χ0v) is 13.4. The number of carbonyl (C=O) groups excluding carboxylic acids is 2. The van der Waals surface area contributed by atoms with Crippen LogP contribution >= 0.6 is 23.2 Å². The van der Waals surface area contributed by atoms with E-state index in [4.69, 9.17) is 32.7 Å². The number of hydrogen-bond acceptors (Lipinski definition) is 4. The molecule has 1 aliphatic carbocycles. The number of halogens is 2. The van der Waals surface area contributed by atoms with Crippen LogP contribution in [0.1, 0.15) is 6.42 Å². The summed E-state index contributed by atoms with van der Waals surface area (Å²) in [5.41, 5.74) is 1.53. The van der Waals surface area contributed by atoms with Gasteiger partial charge in [0, 0.05) is 17.3 Å². The van der Waals surface area contributed by atoms with Crippen LogP contribution in [0.2, 0.25) is 5.02 Å². The lowest BCUT2D eigenvalue weighted by atomic mass is 9.93. The van der Waals surface area contributed by atoms with Crippen molar-refractivity contribution in [2.75, 3.05) is 5.88 Å². The lowest BCUT2D eigenvalue weighted by Gasteiger charge is -2.26. The number of fused-ring (bicyclic) bond motifs is 1. The van der Waals surface area contributed by atoms with Crippen molar-refractivity contribution < 1.29 is 19.1 Å². The Kier molecular flexibility index (Phi) is 4.55. The topological polar surface area (TPSA) is 52.6 Å². The van der Waals surface area contributed by atoms with Crippen LogP contribution in [0.3, 0.4) is 0 Å². The predicted molar refractivity (Wildman–Crippen MR) is 86.6 cm³/mol. The molecule has 0 saturated heterocycles. The predicted octanol–water partition coefficient (Wildman–Crippen LogP) is 3.59. The second-order valence-corrected chi connectivity index (χ2v) is 5.79. The van der Waals surface area contributed by atoms with Gasteiger partial charge in [-0.2, -0.15) is 0 Å². The van der Waals surface area contributed by atoms with Crippen molar-refractivity contribution in [2.24, 2.45) is 0 Å². The van der Waals surface area contributed by atoms with Crippen LogP contribution < -0.4 is 4.74 Å². The molecule has 1 atom stereocenters. The number of alkyl halides is 1. The average molecular weight is 351 g/mol. The summed E-state index contributed by atoms with van der Waals surface area (Å²) in [5, 5.41) is 0.525. The smallest absolute Gasteiger partial charge is 0.350 e. The van der Waals surface area contributed by atoms with E-state index in [1.807, 2.05) is 12.2 Å². The molecule has 1 aliphatic heterocycles. The zero-order valence-electron chi connectivity index (χ0n) is 11.9. The maximum atomic E-state index is 12.2. The van der Waals surface area contributed by atoms with Gasteiger partial charge in [0.15, 0.2) is 0 Å². The molecule has 2 aliphatic rings. The van der Waals surface area contributed by atoms with Crippen LogP contribution in [0.15, 0.2) is 59.2 Å². The maximum Gasteiger partial charge on any atom is 0.350 e. The molecule has 23 heavy (non-hydrogen) atoms. The van der Waals surface area contributed by atoms with Crippen molar-refractivity contribution in [2.45, 2.75) is 12.5 Å². The summed E-state index contributed by atoms with van der Waals surface area (Å²) in [6.07, 6.45) is 5.42. The summed E-state index contributed by atoms with van der Waals surface area (Å²) in [7, 11) is 0. The molecule has 0 fully saturated rings. The number of hydrogen-bond donors (Lipinski definition) is 0. The highest BCUT2D eigenvalue weighted by Gasteiger charge is 2.32. The van der Waals surface area contributed by atoms with E-state index in [9.17, 15) is 9.59 Å². The fourth-order valence-corrected chi connectivity index (χ4v) is 2.64. The van der Waals surface area contributed by atoms with Crippen LogP contribution in [0.4, 0.5) is 0 Å². The van der Waals surface area contributed by atoms with E-state index >= 15 is 0 Å². The second kappa shape index (κ2) is 6.60. The number of ether oxygens (including phenoxy) is 2. The van der Waals surface area contributed by atoms with Crippen LogP contribution in [-0.4, -0.2) is 23.9 Å². The SMILES string of the molecule is O=C(Oc1ccc(Cl)cc1)C1=CC2=CC(CCl)=CCC2OC1=O. The van der Waals surface area contributed by atoms with Gasteiger partial charge in [-0.25, -0.2) is 9.59 Å². The molecule has 118 valence electrons. The lowest BCUT2D eigenvalue weighted by molar-refractivity contribution is -0.147. The standard InChI is InChI=1S/C17H12Cl2O4/c18-9-10-1-6-15-11(7-10)8-14(17(21)23-15)16(20)22-13-4-2-12(19)3-5-13/h1-5,7-8,15H,6,9H2. The van der Waals surface area contributed by atoms with Gasteiger partial charge >= 0.3 is 11.9 Å². The van der Waals surface area contributed by atoms with E-state index in [0.29, 0.717) is 23.1 Å². The van der Waals surface area contributed by atoms with Gasteiger partial charge in [-0.3, -0.25) is 0 Å². The third-order valence-corrected chi connectivity index (χ3v) is 4.06. The maximum absolute atomic E-state index is 12.2. The summed E-state index contributed by atoms with van der Waals surface area (Å²) < 4.78 is 10.5. The van der Waals surface area contributed by atoms with Crippen LogP contribution in [0.25, 0.3) is 0 Å². The molecule has 1 unspecified atom stereocenters. The van der Waals surface area contributed by atoms with Gasteiger partial charge in [0.05, 0.1) is 0 Å². The molecule has 0 amide bonds. The Hall–Kier alpha value is -2.04. The van der Waals surface area contributed by atoms with Crippen molar-refractivity contribution in [1.29, 1.82) is 0 Å². The molecule has 0 N–H and O–H groups in total. The highest BCUT2D eigenvalue weighted by molar-refractivity contribution is 6.30. The molecule has 0 aromatic heterocycles. The molecule has 1 aromatic rings. The number of allylic oxidation sites excluding steroid dienone is 2. The van der Waals surface area contributed by atoms with E-state index in [1.54, 1.807) is 24.3 Å². The van der Waals surface area contributed by atoms with Gasteiger partial charge in [0.25, 0.3) is 0 Å². The average Bonchev–Trinajstić information content (AvgIpc) is 2.55. The second-order valence-electron chi connectivity index (χ2n) is 5.09. The Morgan fingerprint density at radius 2 is 2.00 bits per heavy atom. The fraction of sp³-hybridized carbons (Fsp3) is 0.176. The van der Waals surface area contributed by atoms with Crippen molar-refractivity contribution >= 4 is 35.1 Å². The first kappa shape index (κ1) is 15.8. The van der Waals surface area contributed by atoms with Crippen LogP contribution in [0.5, 0.6) is 5.75 Å². The number of esters is 2. The van der Waals surface area contributed by atoms with Crippen molar-refractivity contribution in [3.05, 3.63) is 64.2 Å². The summed E-state index contributed by atoms with van der Waals surface area (Å²) in [6, 6.07) is 6.28. The first-order chi connectivity index (χ1) is 11.1. The van der Waals surface area contributed by atoms with Gasteiger partial charge in [0.1, 0.15) is 17.4 Å². The molecular formula is C17H12Cl2O4. The molecular weight excluding hydrogens is 339 g/mol. The van der Waals surface area contributed by atoms with E-state index in [-0.39, 0.29) is 11.7 Å². The number of carbonyl (C=O) groups is 2. The summed E-state index contributed by atoms with van der Waals surface area (Å²) in [5.74, 6) is -0.788. The Labute approximate surface area is 143 Å². The van der Waals surface area contributed by atoms with E-state index in [2.05, 4.69) is 0 Å². The van der Waals surface area contributed by atoms with Crippen LogP contribution in [0, 0.1) is 0 Å². The van der Waals surface area contributed by atoms with Gasteiger partial charge in [-0.15, -0.1) is 11.6 Å². The third-order valence-electron chi connectivity index (χ3n) is 3.50. The van der Waals surface area contributed by atoms with E-state index in [0.717, 1.165) is 11.1 Å². The molecule has 0 radical (unpaired) electrons. The minimum absolute atomic E-state index is 0.140. The van der Waals surface area contributed by atoms with Crippen LogP contribution in [-0.2, 0) is 14.3 Å². The molecule has 0 spiro atoms. The summed E-state index contributed by atoms with van der Waals surface area (Å²) in [4.78, 5) is 24.2. The first-order valence-electron chi connectivity index (χ1n) is 6.94. The number of rotatable bonds is 3. The Morgan fingerprint density at radius 1 is 1.26 bits per heavy atom. The Bertz CT molecular complexity index is 744.